The first-order valence-electron chi connectivity index (χ1n) is 6.97. The normalized spacial score (nSPS) is 16.6. The van der Waals surface area contributed by atoms with E-state index >= 15 is 0 Å². The quantitative estimate of drug-likeness (QED) is 0.839. The van der Waals surface area contributed by atoms with Crippen molar-refractivity contribution < 1.29 is 4.79 Å². The Labute approximate surface area is 118 Å². The molecule has 0 unspecified atom stereocenters. The van der Waals surface area contributed by atoms with Crippen LogP contribution < -0.4 is 0 Å². The van der Waals surface area contributed by atoms with E-state index in [0.717, 1.165) is 31.8 Å². The zero-order chi connectivity index (χ0) is 13.9. The molecule has 1 aliphatic rings. The summed E-state index contributed by atoms with van der Waals surface area (Å²) in [4.78, 5) is 18.4. The van der Waals surface area contributed by atoms with Crippen molar-refractivity contribution >= 4 is 5.91 Å². The predicted molar refractivity (Wildman–Crippen MR) is 74.0 cm³/mol. The van der Waals surface area contributed by atoms with Crippen LogP contribution in [0.4, 0.5) is 0 Å². The van der Waals surface area contributed by atoms with Gasteiger partial charge in [-0.05, 0) is 18.9 Å². The fourth-order valence-electron chi connectivity index (χ4n) is 2.69. The summed E-state index contributed by atoms with van der Waals surface area (Å²) < 4.78 is 3.90. The zero-order valence-electron chi connectivity index (χ0n) is 11.6. The third-order valence-corrected chi connectivity index (χ3v) is 3.95. The summed E-state index contributed by atoms with van der Waals surface area (Å²) in [7, 11) is 1.92. The number of aromatic nitrogens is 4. The lowest BCUT2D eigenvalue weighted by Gasteiger charge is -2.32. The Bertz CT molecular complexity index is 566. The standard InChI is InChI=1S/C14H19N5O/c1-17-10-6-15-13(17)11-14(20)18-8-3-12(4-9-18)19-7-2-5-16-19/h2,5-7,10,12H,3-4,8-9,11H2,1H3. The second kappa shape index (κ2) is 5.48. The van der Waals surface area contributed by atoms with Gasteiger partial charge in [0.1, 0.15) is 5.82 Å². The topological polar surface area (TPSA) is 56.0 Å². The van der Waals surface area contributed by atoms with Crippen LogP contribution in [0.2, 0.25) is 0 Å². The molecule has 6 nitrogen and oxygen atoms in total. The summed E-state index contributed by atoms with van der Waals surface area (Å²) in [6.07, 6.45) is 9.71. The Hall–Kier alpha value is -2.11. The molecule has 3 rings (SSSR count). The molecule has 0 saturated carbocycles. The average molecular weight is 273 g/mol. The van der Waals surface area contributed by atoms with Crippen molar-refractivity contribution in [2.45, 2.75) is 25.3 Å². The van der Waals surface area contributed by atoms with E-state index in [9.17, 15) is 4.79 Å². The van der Waals surface area contributed by atoms with Gasteiger partial charge in [0.2, 0.25) is 5.91 Å². The van der Waals surface area contributed by atoms with E-state index in [1.54, 1.807) is 12.4 Å². The Morgan fingerprint density at radius 1 is 1.30 bits per heavy atom. The van der Waals surface area contributed by atoms with Crippen LogP contribution in [0.1, 0.15) is 24.7 Å². The van der Waals surface area contributed by atoms with Gasteiger partial charge < -0.3 is 9.47 Å². The monoisotopic (exact) mass is 273 g/mol. The molecule has 2 aromatic rings. The first-order valence-corrected chi connectivity index (χ1v) is 6.97. The number of imidazole rings is 1. The van der Waals surface area contributed by atoms with Crippen molar-refractivity contribution in [3.05, 3.63) is 36.7 Å². The molecular formula is C14H19N5O. The van der Waals surface area contributed by atoms with Crippen LogP contribution in [-0.4, -0.2) is 43.2 Å². The first-order chi connectivity index (χ1) is 9.74. The van der Waals surface area contributed by atoms with Crippen LogP contribution in [0.3, 0.4) is 0 Å². The van der Waals surface area contributed by atoms with Gasteiger partial charge in [0.15, 0.2) is 0 Å². The molecule has 0 N–H and O–H groups in total. The van der Waals surface area contributed by atoms with E-state index in [0.29, 0.717) is 12.5 Å². The molecule has 0 spiro atoms. The zero-order valence-corrected chi connectivity index (χ0v) is 11.6. The van der Waals surface area contributed by atoms with Gasteiger partial charge >= 0.3 is 0 Å². The van der Waals surface area contributed by atoms with E-state index in [-0.39, 0.29) is 5.91 Å². The molecule has 1 fully saturated rings. The van der Waals surface area contributed by atoms with Gasteiger partial charge in [-0.2, -0.15) is 5.10 Å². The minimum Gasteiger partial charge on any atom is -0.342 e. The van der Waals surface area contributed by atoms with Crippen molar-refractivity contribution in [3.63, 3.8) is 0 Å². The van der Waals surface area contributed by atoms with Crippen molar-refractivity contribution in [1.29, 1.82) is 0 Å². The van der Waals surface area contributed by atoms with Crippen LogP contribution >= 0.6 is 0 Å². The highest BCUT2D eigenvalue weighted by Crippen LogP contribution is 2.21. The number of piperidine rings is 1. The lowest BCUT2D eigenvalue weighted by Crippen LogP contribution is -2.40. The molecule has 0 aliphatic carbocycles. The number of aryl methyl sites for hydroxylation is 1. The summed E-state index contributed by atoms with van der Waals surface area (Å²) in [5, 5.41) is 4.28. The fraction of sp³-hybridized carbons (Fsp3) is 0.500. The number of likely N-dealkylation sites (tertiary alicyclic amines) is 1. The van der Waals surface area contributed by atoms with Gasteiger partial charge in [-0.1, -0.05) is 0 Å². The maximum Gasteiger partial charge on any atom is 0.230 e. The highest BCUT2D eigenvalue weighted by Gasteiger charge is 2.24. The average Bonchev–Trinajstić information content (AvgIpc) is 3.12. The highest BCUT2D eigenvalue weighted by atomic mass is 16.2. The number of nitrogens with zero attached hydrogens (tertiary/aromatic N) is 5. The molecule has 2 aromatic heterocycles. The first kappa shape index (κ1) is 12.9. The van der Waals surface area contributed by atoms with Crippen molar-refractivity contribution in [2.24, 2.45) is 7.05 Å². The third kappa shape index (κ3) is 2.59. The molecule has 0 aromatic carbocycles. The smallest absolute Gasteiger partial charge is 0.230 e. The van der Waals surface area contributed by atoms with Crippen molar-refractivity contribution in [2.75, 3.05) is 13.1 Å². The van der Waals surface area contributed by atoms with Gasteiger partial charge in [-0.15, -0.1) is 0 Å². The molecule has 106 valence electrons. The van der Waals surface area contributed by atoms with Crippen LogP contribution in [0, 0.1) is 0 Å². The number of hydrogen-bond donors (Lipinski definition) is 0. The van der Waals surface area contributed by atoms with Crippen molar-refractivity contribution in [3.8, 4) is 0 Å². The summed E-state index contributed by atoms with van der Waals surface area (Å²) in [5.74, 6) is 0.988. The van der Waals surface area contributed by atoms with E-state index < -0.39 is 0 Å². The molecule has 1 aliphatic heterocycles. The SMILES string of the molecule is Cn1ccnc1CC(=O)N1CCC(n2cccn2)CC1. The molecule has 1 saturated heterocycles. The number of amides is 1. The van der Waals surface area contributed by atoms with E-state index in [1.165, 1.54) is 0 Å². The summed E-state index contributed by atoms with van der Waals surface area (Å²) in [6.45, 7) is 1.60. The Balaban J connectivity index is 1.55. The molecular weight excluding hydrogens is 254 g/mol. The van der Waals surface area contributed by atoms with Crippen LogP contribution in [0.5, 0.6) is 0 Å². The number of rotatable bonds is 3. The number of carbonyl (C=O) groups excluding carboxylic acids is 1. The second-order valence-corrected chi connectivity index (χ2v) is 5.23. The van der Waals surface area contributed by atoms with Crippen LogP contribution in [-0.2, 0) is 18.3 Å². The minimum absolute atomic E-state index is 0.165. The van der Waals surface area contributed by atoms with Crippen LogP contribution in [0.25, 0.3) is 0 Å². The minimum atomic E-state index is 0.165. The highest BCUT2D eigenvalue weighted by molar-refractivity contribution is 5.78. The van der Waals surface area contributed by atoms with Gasteiger partial charge in [0.25, 0.3) is 0 Å². The Morgan fingerprint density at radius 2 is 2.10 bits per heavy atom. The molecule has 3 heterocycles. The maximum atomic E-state index is 12.3. The van der Waals surface area contributed by atoms with Crippen LogP contribution in [0.15, 0.2) is 30.9 Å². The Kier molecular flexibility index (Phi) is 3.54. The van der Waals surface area contributed by atoms with Crippen molar-refractivity contribution in [1.82, 2.24) is 24.2 Å². The summed E-state index contributed by atoms with van der Waals surface area (Å²) in [6, 6.07) is 2.36. The summed E-state index contributed by atoms with van der Waals surface area (Å²) in [5.41, 5.74) is 0. The molecule has 0 atom stereocenters. The fourth-order valence-corrected chi connectivity index (χ4v) is 2.69. The number of carbonyl (C=O) groups is 1. The molecule has 0 bridgehead atoms. The molecule has 20 heavy (non-hydrogen) atoms. The lowest BCUT2D eigenvalue weighted by atomic mass is 10.0. The second-order valence-electron chi connectivity index (χ2n) is 5.23. The predicted octanol–water partition coefficient (Wildman–Crippen LogP) is 1.02. The molecule has 1 amide bonds. The van der Waals surface area contributed by atoms with Gasteiger partial charge in [0, 0.05) is 44.9 Å². The van der Waals surface area contributed by atoms with E-state index in [2.05, 4.69) is 10.1 Å². The third-order valence-electron chi connectivity index (χ3n) is 3.95. The molecule has 6 heteroatoms. The summed E-state index contributed by atoms with van der Waals surface area (Å²) >= 11 is 0. The lowest BCUT2D eigenvalue weighted by molar-refractivity contribution is -0.131. The maximum absolute atomic E-state index is 12.3. The van der Waals surface area contributed by atoms with Gasteiger partial charge in [-0.3, -0.25) is 9.48 Å². The van der Waals surface area contributed by atoms with Gasteiger partial charge in [0.05, 0.1) is 12.5 Å². The largest absolute Gasteiger partial charge is 0.342 e. The van der Waals surface area contributed by atoms with Gasteiger partial charge in [-0.25, -0.2) is 4.98 Å². The molecule has 0 radical (unpaired) electrons. The van der Waals surface area contributed by atoms with E-state index in [4.69, 9.17) is 0 Å². The van der Waals surface area contributed by atoms with E-state index in [1.807, 2.05) is 39.7 Å². The number of hydrogen-bond acceptors (Lipinski definition) is 3. The Morgan fingerprint density at radius 3 is 2.70 bits per heavy atom.